The number of fused-ring (bicyclic) bond motifs is 1. The highest BCUT2D eigenvalue weighted by Crippen LogP contribution is 2.32. The van der Waals surface area contributed by atoms with Crippen LogP contribution in [0.3, 0.4) is 0 Å². The molecular weight excluding hydrogens is 284 g/mol. The van der Waals surface area contributed by atoms with Gasteiger partial charge < -0.3 is 20.1 Å². The van der Waals surface area contributed by atoms with Crippen molar-refractivity contribution in [3.05, 3.63) is 11.8 Å². The van der Waals surface area contributed by atoms with E-state index in [-0.39, 0.29) is 24.5 Å². The van der Waals surface area contributed by atoms with Crippen LogP contribution in [-0.2, 0) is 10.3 Å². The van der Waals surface area contributed by atoms with Gasteiger partial charge in [0.15, 0.2) is 5.82 Å². The Morgan fingerprint density at radius 3 is 3.00 bits per heavy atom. The van der Waals surface area contributed by atoms with Gasteiger partial charge in [-0.3, -0.25) is 4.79 Å². The van der Waals surface area contributed by atoms with Crippen LogP contribution in [-0.4, -0.2) is 59.7 Å². The number of aliphatic hydroxyl groups is 1. The molecule has 0 radical (unpaired) electrons. The predicted molar refractivity (Wildman–Crippen MR) is 82.1 cm³/mol. The fourth-order valence-electron chi connectivity index (χ4n) is 3.23. The third-order valence-electron chi connectivity index (χ3n) is 4.92. The van der Waals surface area contributed by atoms with Gasteiger partial charge in [0, 0.05) is 19.2 Å². The smallest absolute Gasteiger partial charge is 0.269 e. The quantitative estimate of drug-likeness (QED) is 0.833. The number of carbonyl (C=O) groups is 1. The number of aromatic nitrogens is 2. The lowest BCUT2D eigenvalue weighted by atomic mass is 9.85. The first-order chi connectivity index (χ1) is 10.5. The van der Waals surface area contributed by atoms with Crippen molar-refractivity contribution in [1.29, 1.82) is 0 Å². The van der Waals surface area contributed by atoms with E-state index in [0.29, 0.717) is 25.5 Å². The Morgan fingerprint density at radius 2 is 2.36 bits per heavy atom. The Hall–Kier alpha value is -1.60. The van der Waals surface area contributed by atoms with E-state index in [9.17, 15) is 9.90 Å². The fourth-order valence-corrected chi connectivity index (χ4v) is 3.23. The number of amides is 1. The van der Waals surface area contributed by atoms with Crippen molar-refractivity contribution in [2.24, 2.45) is 5.92 Å². The molecule has 122 valence electrons. The molecule has 22 heavy (non-hydrogen) atoms. The molecule has 1 aromatic heterocycles. The highest BCUT2D eigenvalue weighted by molar-refractivity contribution is 5.94. The lowest BCUT2D eigenvalue weighted by molar-refractivity contribution is 0.0501. The molecule has 2 N–H and O–H groups in total. The highest BCUT2D eigenvalue weighted by Gasteiger charge is 2.43. The van der Waals surface area contributed by atoms with Gasteiger partial charge in [0.05, 0.1) is 25.9 Å². The van der Waals surface area contributed by atoms with Crippen LogP contribution in [0.4, 0.5) is 5.82 Å². The van der Waals surface area contributed by atoms with Crippen LogP contribution >= 0.6 is 0 Å². The van der Waals surface area contributed by atoms with Crippen LogP contribution in [0.15, 0.2) is 6.07 Å². The van der Waals surface area contributed by atoms with Gasteiger partial charge in [-0.15, -0.1) is 0 Å². The molecule has 3 rings (SSSR count). The normalized spacial score (nSPS) is 28.7. The van der Waals surface area contributed by atoms with Crippen molar-refractivity contribution in [2.75, 3.05) is 37.8 Å². The first-order valence-corrected chi connectivity index (χ1v) is 7.83. The van der Waals surface area contributed by atoms with Crippen LogP contribution in [0.2, 0.25) is 0 Å². The minimum absolute atomic E-state index is 0.0578. The van der Waals surface area contributed by atoms with Gasteiger partial charge in [-0.05, 0) is 12.8 Å². The van der Waals surface area contributed by atoms with Crippen LogP contribution in [0, 0.1) is 5.92 Å². The summed E-state index contributed by atoms with van der Waals surface area (Å²) >= 11 is 0. The molecule has 7 nitrogen and oxygen atoms in total. The maximum atomic E-state index is 12.2. The molecule has 0 spiro atoms. The molecule has 0 saturated carbocycles. The summed E-state index contributed by atoms with van der Waals surface area (Å²) in [6.07, 6.45) is 0. The molecule has 2 aliphatic heterocycles. The fraction of sp³-hybridized carbons (Fsp3) is 0.733. The largest absolute Gasteiger partial charge is 0.394 e. The van der Waals surface area contributed by atoms with E-state index in [1.807, 2.05) is 19.9 Å². The number of carbonyl (C=O) groups excluding carboxylic acids is 1. The average Bonchev–Trinajstić information content (AvgIpc) is 2.94. The van der Waals surface area contributed by atoms with E-state index < -0.39 is 5.54 Å². The summed E-state index contributed by atoms with van der Waals surface area (Å²) in [6.45, 7) is 8.57. The van der Waals surface area contributed by atoms with Gasteiger partial charge in [-0.1, -0.05) is 13.8 Å². The molecule has 0 bridgehead atoms. The third kappa shape index (κ3) is 2.19. The van der Waals surface area contributed by atoms with Gasteiger partial charge in [0.2, 0.25) is 0 Å². The summed E-state index contributed by atoms with van der Waals surface area (Å²) in [4.78, 5) is 14.3. The van der Waals surface area contributed by atoms with Crippen LogP contribution in [0.5, 0.6) is 0 Å². The first-order valence-electron chi connectivity index (χ1n) is 7.83. The SMILES string of the molecule is CC1COCCN1c1cc2n(n1)C(CO)(C(C)C)CNC2=O. The van der Waals surface area contributed by atoms with Gasteiger partial charge in [0.1, 0.15) is 11.2 Å². The lowest BCUT2D eigenvalue weighted by Gasteiger charge is -2.40. The summed E-state index contributed by atoms with van der Waals surface area (Å²) in [5, 5.41) is 17.5. The molecule has 1 fully saturated rings. The van der Waals surface area contributed by atoms with Crippen molar-refractivity contribution in [1.82, 2.24) is 15.1 Å². The Bertz CT molecular complexity index is 571. The van der Waals surface area contributed by atoms with Crippen LogP contribution < -0.4 is 10.2 Å². The Balaban J connectivity index is 2.04. The number of ether oxygens (including phenoxy) is 1. The number of morpholine rings is 1. The Labute approximate surface area is 130 Å². The van der Waals surface area contributed by atoms with Crippen LogP contribution in [0.25, 0.3) is 0 Å². The minimum atomic E-state index is -0.586. The molecule has 3 heterocycles. The molecule has 2 unspecified atom stereocenters. The van der Waals surface area contributed by atoms with Crippen molar-refractivity contribution in [3.8, 4) is 0 Å². The van der Waals surface area contributed by atoms with Gasteiger partial charge in [-0.25, -0.2) is 4.68 Å². The topological polar surface area (TPSA) is 79.6 Å². The van der Waals surface area contributed by atoms with Crippen molar-refractivity contribution in [2.45, 2.75) is 32.4 Å². The summed E-state index contributed by atoms with van der Waals surface area (Å²) in [7, 11) is 0. The second kappa shape index (κ2) is 5.55. The van der Waals surface area contributed by atoms with Gasteiger partial charge in [-0.2, -0.15) is 5.10 Å². The van der Waals surface area contributed by atoms with Gasteiger partial charge >= 0.3 is 0 Å². The second-order valence-electron chi connectivity index (χ2n) is 6.52. The number of nitrogens with zero attached hydrogens (tertiary/aromatic N) is 3. The predicted octanol–water partition coefficient (Wildman–Crippen LogP) is 0.195. The monoisotopic (exact) mass is 308 g/mol. The summed E-state index contributed by atoms with van der Waals surface area (Å²) in [5.41, 5.74) is -0.0699. The molecule has 2 aliphatic rings. The van der Waals surface area contributed by atoms with E-state index in [1.54, 1.807) is 4.68 Å². The maximum absolute atomic E-state index is 12.2. The second-order valence-corrected chi connectivity index (χ2v) is 6.52. The lowest BCUT2D eigenvalue weighted by Crippen LogP contribution is -2.57. The number of rotatable bonds is 3. The van der Waals surface area contributed by atoms with E-state index in [0.717, 1.165) is 12.4 Å². The van der Waals surface area contributed by atoms with E-state index >= 15 is 0 Å². The zero-order valence-electron chi connectivity index (χ0n) is 13.4. The molecule has 0 aromatic carbocycles. The van der Waals surface area contributed by atoms with E-state index in [4.69, 9.17) is 4.74 Å². The molecule has 2 atom stereocenters. The van der Waals surface area contributed by atoms with Crippen LogP contribution in [0.1, 0.15) is 31.3 Å². The number of anilines is 1. The average molecular weight is 308 g/mol. The molecule has 0 aliphatic carbocycles. The maximum Gasteiger partial charge on any atom is 0.269 e. The summed E-state index contributed by atoms with van der Waals surface area (Å²) in [5.74, 6) is 0.789. The highest BCUT2D eigenvalue weighted by atomic mass is 16.5. The molecular formula is C15H24N4O3. The standard InChI is InChI=1S/C15H24N4O3/c1-10(2)15(9-20)8-16-14(21)12-6-13(17-19(12)15)18-4-5-22-7-11(18)3/h6,10-11,20H,4-5,7-9H2,1-3H3,(H,16,21). The first kappa shape index (κ1) is 15.3. The molecule has 1 aromatic rings. The summed E-state index contributed by atoms with van der Waals surface area (Å²) in [6, 6.07) is 2.04. The number of aliphatic hydroxyl groups excluding tert-OH is 1. The van der Waals surface area contributed by atoms with Gasteiger partial charge in [0.25, 0.3) is 5.91 Å². The molecule has 1 amide bonds. The minimum Gasteiger partial charge on any atom is -0.394 e. The zero-order chi connectivity index (χ0) is 15.9. The number of nitrogens with one attached hydrogen (secondary N) is 1. The van der Waals surface area contributed by atoms with E-state index in [1.165, 1.54) is 0 Å². The number of hydrogen-bond acceptors (Lipinski definition) is 5. The molecule has 7 heteroatoms. The van der Waals surface area contributed by atoms with Crippen molar-refractivity contribution in [3.63, 3.8) is 0 Å². The Kier molecular flexibility index (Phi) is 3.86. The number of hydrogen-bond donors (Lipinski definition) is 2. The zero-order valence-corrected chi connectivity index (χ0v) is 13.4. The third-order valence-corrected chi connectivity index (χ3v) is 4.92. The van der Waals surface area contributed by atoms with E-state index in [2.05, 4.69) is 22.2 Å². The van der Waals surface area contributed by atoms with Crippen molar-refractivity contribution < 1.29 is 14.6 Å². The summed E-state index contributed by atoms with van der Waals surface area (Å²) < 4.78 is 7.19. The molecule has 1 saturated heterocycles. The van der Waals surface area contributed by atoms with Crippen molar-refractivity contribution >= 4 is 11.7 Å². The Morgan fingerprint density at radius 1 is 1.59 bits per heavy atom.